The highest BCUT2D eigenvalue weighted by Gasteiger charge is 2.38. The highest BCUT2D eigenvalue weighted by Crippen LogP contribution is 2.32. The number of rotatable bonds is 7. The Balaban J connectivity index is 1.52. The minimum absolute atomic E-state index is 0.00594. The number of H-pyrrole nitrogens is 1. The maximum atomic E-state index is 13.2. The Bertz CT molecular complexity index is 1080. The average Bonchev–Trinajstić information content (AvgIpc) is 3.45. The van der Waals surface area contributed by atoms with Crippen LogP contribution in [-0.4, -0.2) is 51.6 Å². The fourth-order valence-electron chi connectivity index (χ4n) is 4.20. The minimum Gasteiger partial charge on any atom is -0.496 e. The standard InChI is InChI=1S/C24H27N5O3/c1-16(30)25-19-14-20(24-26-23(27-28-24)18-9-4-3-5-10-18)29(15-19)22(31)13-12-17-8-6-7-11-21(17)32-2/h3-11,19-20H,12-15H2,1-2H3,(H,25,30)(H,26,27,28). The van der Waals surface area contributed by atoms with Crippen molar-refractivity contribution >= 4 is 11.8 Å². The summed E-state index contributed by atoms with van der Waals surface area (Å²) >= 11 is 0. The van der Waals surface area contributed by atoms with Crippen LogP contribution >= 0.6 is 0 Å². The molecule has 1 aliphatic heterocycles. The molecule has 2 unspecified atom stereocenters. The topological polar surface area (TPSA) is 100 Å². The van der Waals surface area contributed by atoms with Crippen LogP contribution in [0.4, 0.5) is 0 Å². The fraction of sp³-hybridized carbons (Fsp3) is 0.333. The Hall–Kier alpha value is -3.68. The molecule has 0 bridgehead atoms. The van der Waals surface area contributed by atoms with Gasteiger partial charge in [-0.25, -0.2) is 4.98 Å². The predicted molar refractivity (Wildman–Crippen MR) is 120 cm³/mol. The van der Waals surface area contributed by atoms with Crippen molar-refractivity contribution in [2.45, 2.75) is 38.3 Å². The van der Waals surface area contributed by atoms with Crippen molar-refractivity contribution in [1.29, 1.82) is 0 Å². The first-order chi connectivity index (χ1) is 15.5. The minimum atomic E-state index is -0.276. The highest BCUT2D eigenvalue weighted by atomic mass is 16.5. The number of benzene rings is 2. The van der Waals surface area contributed by atoms with Crippen LogP contribution in [0.5, 0.6) is 5.75 Å². The molecule has 2 amide bonds. The van der Waals surface area contributed by atoms with Crippen LogP contribution < -0.4 is 10.1 Å². The zero-order valence-corrected chi connectivity index (χ0v) is 18.2. The molecule has 1 aliphatic rings. The lowest BCUT2D eigenvalue weighted by Gasteiger charge is -2.23. The van der Waals surface area contributed by atoms with Gasteiger partial charge in [-0.15, -0.1) is 0 Å². The lowest BCUT2D eigenvalue weighted by atomic mass is 10.1. The smallest absolute Gasteiger partial charge is 0.223 e. The Morgan fingerprint density at radius 1 is 1.16 bits per heavy atom. The number of aryl methyl sites for hydroxylation is 1. The third-order valence-corrected chi connectivity index (χ3v) is 5.68. The largest absolute Gasteiger partial charge is 0.496 e. The molecule has 1 fully saturated rings. The van der Waals surface area contributed by atoms with Crippen molar-refractivity contribution < 1.29 is 14.3 Å². The number of likely N-dealkylation sites (tertiary alicyclic amines) is 1. The van der Waals surface area contributed by atoms with Gasteiger partial charge in [0, 0.05) is 31.5 Å². The summed E-state index contributed by atoms with van der Waals surface area (Å²) in [6.45, 7) is 1.93. The zero-order chi connectivity index (χ0) is 22.5. The number of carbonyl (C=O) groups excluding carboxylic acids is 2. The number of methoxy groups -OCH3 is 1. The van der Waals surface area contributed by atoms with Gasteiger partial charge in [0.2, 0.25) is 11.8 Å². The molecule has 2 heterocycles. The molecule has 0 aliphatic carbocycles. The van der Waals surface area contributed by atoms with Crippen LogP contribution in [0, 0.1) is 0 Å². The van der Waals surface area contributed by atoms with E-state index in [9.17, 15) is 9.59 Å². The summed E-state index contributed by atoms with van der Waals surface area (Å²) < 4.78 is 5.40. The molecule has 0 radical (unpaired) electrons. The van der Waals surface area contributed by atoms with E-state index in [0.717, 1.165) is 16.9 Å². The van der Waals surface area contributed by atoms with Crippen LogP contribution in [0.15, 0.2) is 54.6 Å². The van der Waals surface area contributed by atoms with Crippen molar-refractivity contribution in [1.82, 2.24) is 25.4 Å². The summed E-state index contributed by atoms with van der Waals surface area (Å²) in [5.74, 6) is 1.88. The number of hydrogen-bond donors (Lipinski definition) is 2. The molecule has 1 aromatic heterocycles. The van der Waals surface area contributed by atoms with E-state index in [0.29, 0.717) is 37.5 Å². The number of nitrogens with zero attached hydrogens (tertiary/aromatic N) is 3. The second-order valence-corrected chi connectivity index (χ2v) is 7.92. The van der Waals surface area contributed by atoms with Crippen molar-refractivity contribution in [2.24, 2.45) is 0 Å². The molecule has 3 aromatic rings. The van der Waals surface area contributed by atoms with Gasteiger partial charge in [-0.05, 0) is 24.5 Å². The monoisotopic (exact) mass is 433 g/mol. The summed E-state index contributed by atoms with van der Waals surface area (Å²) in [4.78, 5) is 31.3. The van der Waals surface area contributed by atoms with E-state index >= 15 is 0 Å². The van der Waals surface area contributed by atoms with Gasteiger partial charge in [0.25, 0.3) is 0 Å². The highest BCUT2D eigenvalue weighted by molar-refractivity contribution is 5.78. The molecule has 2 atom stereocenters. The van der Waals surface area contributed by atoms with Crippen molar-refractivity contribution in [3.63, 3.8) is 0 Å². The van der Waals surface area contributed by atoms with E-state index in [1.54, 1.807) is 12.0 Å². The number of aromatic nitrogens is 3. The molecule has 32 heavy (non-hydrogen) atoms. The van der Waals surface area contributed by atoms with Crippen LogP contribution in [0.3, 0.4) is 0 Å². The zero-order valence-electron chi connectivity index (χ0n) is 18.2. The summed E-state index contributed by atoms with van der Waals surface area (Å²) in [6.07, 6.45) is 1.50. The van der Waals surface area contributed by atoms with E-state index in [1.807, 2.05) is 54.6 Å². The molecule has 2 N–H and O–H groups in total. The van der Waals surface area contributed by atoms with E-state index in [1.165, 1.54) is 6.92 Å². The lowest BCUT2D eigenvalue weighted by molar-refractivity contribution is -0.132. The molecular weight excluding hydrogens is 406 g/mol. The molecule has 2 aromatic carbocycles. The van der Waals surface area contributed by atoms with Gasteiger partial charge in [0.05, 0.1) is 13.2 Å². The van der Waals surface area contributed by atoms with Crippen molar-refractivity contribution in [2.75, 3.05) is 13.7 Å². The molecule has 8 heteroatoms. The molecule has 8 nitrogen and oxygen atoms in total. The molecule has 0 spiro atoms. The van der Waals surface area contributed by atoms with Gasteiger partial charge in [-0.1, -0.05) is 48.5 Å². The third kappa shape index (κ3) is 4.80. The van der Waals surface area contributed by atoms with Crippen LogP contribution in [0.1, 0.15) is 37.2 Å². The Kier molecular flexibility index (Phi) is 6.49. The van der Waals surface area contributed by atoms with E-state index < -0.39 is 0 Å². The van der Waals surface area contributed by atoms with Crippen LogP contribution in [0.2, 0.25) is 0 Å². The number of hydrogen-bond acceptors (Lipinski definition) is 5. The number of para-hydroxylation sites is 1. The van der Waals surface area contributed by atoms with E-state index in [-0.39, 0.29) is 23.9 Å². The first kappa shape index (κ1) is 21.5. The molecule has 166 valence electrons. The van der Waals surface area contributed by atoms with Gasteiger partial charge in [0.1, 0.15) is 11.6 Å². The summed E-state index contributed by atoms with van der Waals surface area (Å²) in [6, 6.07) is 17.0. The third-order valence-electron chi connectivity index (χ3n) is 5.68. The molecule has 1 saturated heterocycles. The van der Waals surface area contributed by atoms with E-state index in [4.69, 9.17) is 4.74 Å². The van der Waals surface area contributed by atoms with Crippen LogP contribution in [0.25, 0.3) is 11.4 Å². The Morgan fingerprint density at radius 2 is 1.91 bits per heavy atom. The molecular formula is C24H27N5O3. The lowest BCUT2D eigenvalue weighted by Crippen LogP contribution is -2.37. The normalized spacial score (nSPS) is 17.9. The van der Waals surface area contributed by atoms with Gasteiger partial charge in [0.15, 0.2) is 5.82 Å². The maximum Gasteiger partial charge on any atom is 0.223 e. The predicted octanol–water partition coefficient (Wildman–Crippen LogP) is 2.89. The fourth-order valence-corrected chi connectivity index (χ4v) is 4.20. The number of aromatic amines is 1. The summed E-state index contributed by atoms with van der Waals surface area (Å²) in [7, 11) is 1.63. The number of nitrogens with one attached hydrogen (secondary N) is 2. The second-order valence-electron chi connectivity index (χ2n) is 7.92. The summed E-state index contributed by atoms with van der Waals surface area (Å²) in [5.41, 5.74) is 1.89. The van der Waals surface area contributed by atoms with Gasteiger partial charge >= 0.3 is 0 Å². The maximum absolute atomic E-state index is 13.2. The van der Waals surface area contributed by atoms with Gasteiger partial charge in [-0.3, -0.25) is 14.7 Å². The Morgan fingerprint density at radius 3 is 2.66 bits per heavy atom. The quantitative estimate of drug-likeness (QED) is 0.597. The van der Waals surface area contributed by atoms with Crippen LogP contribution in [-0.2, 0) is 16.0 Å². The first-order valence-corrected chi connectivity index (χ1v) is 10.7. The van der Waals surface area contributed by atoms with Gasteiger partial charge < -0.3 is 15.0 Å². The van der Waals surface area contributed by atoms with Crippen molar-refractivity contribution in [3.8, 4) is 17.1 Å². The van der Waals surface area contributed by atoms with Crippen molar-refractivity contribution in [3.05, 3.63) is 66.0 Å². The SMILES string of the molecule is COc1ccccc1CCC(=O)N1CC(NC(C)=O)CC1c1nc(-c2ccccc2)n[nH]1. The number of carbonyl (C=O) groups is 2. The molecule has 0 saturated carbocycles. The first-order valence-electron chi connectivity index (χ1n) is 10.7. The average molecular weight is 434 g/mol. The number of ether oxygens (including phenoxy) is 1. The Labute approximate surface area is 187 Å². The van der Waals surface area contributed by atoms with E-state index in [2.05, 4.69) is 20.5 Å². The van der Waals surface area contributed by atoms with Gasteiger partial charge in [-0.2, -0.15) is 5.10 Å². The molecule has 4 rings (SSSR count). The second kappa shape index (κ2) is 9.64. The summed E-state index contributed by atoms with van der Waals surface area (Å²) in [5, 5.41) is 10.3. The number of amides is 2.